The molecule has 69 heavy (non-hydrogen) atoms. The van der Waals surface area contributed by atoms with Crippen LogP contribution < -0.4 is 9.47 Å². The van der Waals surface area contributed by atoms with Crippen LogP contribution in [-0.2, 0) is 33.2 Å². The van der Waals surface area contributed by atoms with Crippen LogP contribution in [0.15, 0.2) is 84.9 Å². The minimum atomic E-state index is -1.01. The number of aromatic nitrogens is 2. The fraction of sp³-hybridized carbons (Fsp3) is 0.439. The van der Waals surface area contributed by atoms with Crippen LogP contribution in [0, 0.1) is 0 Å². The van der Waals surface area contributed by atoms with Crippen LogP contribution in [0.5, 0.6) is 11.5 Å². The molecule has 0 spiro atoms. The molecule has 2 aromatic heterocycles. The summed E-state index contributed by atoms with van der Waals surface area (Å²) < 4.78 is 26.0. The number of rotatable bonds is 17. The zero-order chi connectivity index (χ0) is 49.0. The van der Waals surface area contributed by atoms with Gasteiger partial charge in [0.25, 0.3) is 5.91 Å². The Morgan fingerprint density at radius 2 is 1.06 bits per heavy atom. The molecule has 12 heteroatoms. The van der Waals surface area contributed by atoms with Gasteiger partial charge in [-0.3, -0.25) is 4.79 Å². The predicted octanol–water partition coefficient (Wildman–Crippen LogP) is 12.2. The number of unbranched alkanes of at least 4 members (excludes halogenated alkanes) is 3. The number of aryl methyl sites for hydroxylation is 2. The number of carboxylic acids is 1. The van der Waals surface area contributed by atoms with E-state index in [0.717, 1.165) is 84.0 Å². The third-order valence-electron chi connectivity index (χ3n) is 14.1. The van der Waals surface area contributed by atoms with E-state index in [1.165, 1.54) is 82.1 Å². The summed E-state index contributed by atoms with van der Waals surface area (Å²) in [6, 6.07) is 27.1. The molecule has 1 amide bonds. The van der Waals surface area contributed by atoms with E-state index < -0.39 is 12.6 Å². The minimum absolute atomic E-state index is 0.0104. The quantitative estimate of drug-likeness (QED) is 0.0699. The number of benzene rings is 4. The molecule has 2 aliphatic rings. The van der Waals surface area contributed by atoms with Gasteiger partial charge in [-0.2, -0.15) is 0 Å². The van der Waals surface area contributed by atoms with Gasteiger partial charge in [-0.05, 0) is 104 Å². The first-order chi connectivity index (χ1) is 33.5. The van der Waals surface area contributed by atoms with E-state index in [0.29, 0.717) is 34.5 Å². The van der Waals surface area contributed by atoms with Crippen molar-refractivity contribution in [1.29, 1.82) is 0 Å². The summed E-state index contributed by atoms with van der Waals surface area (Å²) in [6.45, 7) is 2.55. The van der Waals surface area contributed by atoms with Gasteiger partial charge in [0.05, 0.1) is 36.7 Å². The molecule has 2 aliphatic carbocycles. The predicted molar refractivity (Wildman–Crippen MR) is 271 cm³/mol. The number of amides is 1. The summed E-state index contributed by atoms with van der Waals surface area (Å²) >= 11 is 0. The largest absolute Gasteiger partial charge is 0.483 e. The highest BCUT2D eigenvalue weighted by molar-refractivity contribution is 6.00. The summed E-state index contributed by atoms with van der Waals surface area (Å²) in [5.41, 5.74) is 9.52. The van der Waals surface area contributed by atoms with Crippen molar-refractivity contribution < 1.29 is 43.2 Å². The molecule has 6 aromatic rings. The zero-order valence-corrected chi connectivity index (χ0v) is 41.3. The molecule has 0 atom stereocenters. The second-order valence-corrected chi connectivity index (χ2v) is 18.6. The van der Waals surface area contributed by atoms with E-state index in [1.54, 1.807) is 11.0 Å². The van der Waals surface area contributed by atoms with Gasteiger partial charge < -0.3 is 38.1 Å². The fourth-order valence-electron chi connectivity index (χ4n) is 10.5. The monoisotopic (exact) mass is 940 g/mol. The van der Waals surface area contributed by atoms with Crippen LogP contribution >= 0.6 is 0 Å². The Morgan fingerprint density at radius 3 is 1.49 bits per heavy atom. The number of para-hydroxylation sites is 2. The molecule has 2 heterocycles. The first-order valence-corrected chi connectivity index (χ1v) is 24.8. The van der Waals surface area contributed by atoms with Gasteiger partial charge in [-0.25, -0.2) is 14.4 Å². The van der Waals surface area contributed by atoms with Gasteiger partial charge in [-0.1, -0.05) is 101 Å². The molecule has 0 radical (unpaired) electrons. The lowest BCUT2D eigenvalue weighted by Crippen LogP contribution is -2.32. The lowest BCUT2D eigenvalue weighted by Gasteiger charge is -2.24. The number of hydrogen-bond donors (Lipinski definition) is 1. The van der Waals surface area contributed by atoms with E-state index in [1.807, 2.05) is 80.8 Å². The Balaban J connectivity index is 0.000000208. The topological polar surface area (TPSA) is 139 Å². The van der Waals surface area contributed by atoms with Crippen LogP contribution in [0.2, 0.25) is 0 Å². The Kier molecular flexibility index (Phi) is 17.2. The van der Waals surface area contributed by atoms with Crippen molar-refractivity contribution in [3.05, 3.63) is 107 Å². The van der Waals surface area contributed by atoms with Crippen molar-refractivity contribution in [3.63, 3.8) is 0 Å². The van der Waals surface area contributed by atoms with E-state index in [9.17, 15) is 19.2 Å². The first kappa shape index (κ1) is 50.3. The van der Waals surface area contributed by atoms with Crippen molar-refractivity contribution in [1.82, 2.24) is 14.0 Å². The van der Waals surface area contributed by atoms with Crippen molar-refractivity contribution in [2.24, 2.45) is 14.1 Å². The number of ether oxygens (including phenoxy) is 4. The molecule has 8 rings (SSSR count). The van der Waals surface area contributed by atoms with E-state index in [2.05, 4.69) is 35.2 Å². The van der Waals surface area contributed by atoms with Crippen LogP contribution in [-0.4, -0.2) is 84.0 Å². The molecule has 2 saturated carbocycles. The number of carbonyl (C=O) groups is 4. The number of carbonyl (C=O) groups excluding carboxylic acids is 3. The molecule has 0 saturated heterocycles. The van der Waals surface area contributed by atoms with Crippen molar-refractivity contribution in [3.8, 4) is 34.0 Å². The molecule has 4 aromatic carbocycles. The average Bonchev–Trinajstić information content (AvgIpc) is 3.85. The van der Waals surface area contributed by atoms with Gasteiger partial charge in [0, 0.05) is 60.6 Å². The third-order valence-corrected chi connectivity index (χ3v) is 14.1. The molecule has 12 nitrogen and oxygen atoms in total. The number of hydrogen-bond acceptors (Lipinski definition) is 8. The van der Waals surface area contributed by atoms with Gasteiger partial charge in [0.15, 0.2) is 13.2 Å². The van der Waals surface area contributed by atoms with Crippen molar-refractivity contribution >= 4 is 45.6 Å². The maximum Gasteiger partial charge on any atom is 0.341 e. The van der Waals surface area contributed by atoms with Crippen LogP contribution in [0.3, 0.4) is 0 Å². The zero-order valence-electron chi connectivity index (χ0n) is 41.3. The van der Waals surface area contributed by atoms with Gasteiger partial charge >= 0.3 is 17.9 Å². The van der Waals surface area contributed by atoms with Gasteiger partial charge in [0.1, 0.15) is 11.5 Å². The lowest BCUT2D eigenvalue weighted by atomic mass is 9.81. The van der Waals surface area contributed by atoms with Crippen LogP contribution in [0.25, 0.3) is 44.3 Å². The number of esters is 2. The summed E-state index contributed by atoms with van der Waals surface area (Å²) in [6.07, 6.45) is 16.4. The number of nitrogens with zero attached hydrogens (tertiary/aromatic N) is 3. The molecule has 2 fully saturated rings. The Bertz CT molecular complexity index is 2760. The average molecular weight is 940 g/mol. The molecular weight excluding hydrogens is 871 g/mol. The maximum atomic E-state index is 12.8. The Hall–Kier alpha value is -6.56. The number of likely N-dealkylation sites (N-methyl/N-ethyl adjacent to an activating group) is 1. The summed E-state index contributed by atoms with van der Waals surface area (Å²) in [7, 11) is 8.68. The van der Waals surface area contributed by atoms with Gasteiger partial charge in [0.2, 0.25) is 0 Å². The SMILES string of the molecule is CCCCCCN(C)C(=O)COc1ccccc1-c1c(C2CCCCC2)c2ccc(C(=O)OC)cc2n1C.COC(=O)c1ccc2c(C3CCCCC3)c(-c3ccccc3OCC(=O)O)n(C)c2c1. The minimum Gasteiger partial charge on any atom is -0.483 e. The maximum absolute atomic E-state index is 12.8. The molecule has 1 N–H and O–H groups in total. The molecular formula is C57H69N3O9. The van der Waals surface area contributed by atoms with Crippen LogP contribution in [0.4, 0.5) is 0 Å². The van der Waals surface area contributed by atoms with Gasteiger partial charge in [-0.15, -0.1) is 0 Å². The first-order valence-electron chi connectivity index (χ1n) is 24.8. The summed E-state index contributed by atoms with van der Waals surface area (Å²) in [5.74, 6) is 0.367. The Labute approximate surface area is 406 Å². The second-order valence-electron chi connectivity index (χ2n) is 18.6. The summed E-state index contributed by atoms with van der Waals surface area (Å²) in [4.78, 5) is 50.1. The molecule has 366 valence electrons. The smallest absolute Gasteiger partial charge is 0.341 e. The highest BCUT2D eigenvalue weighted by atomic mass is 16.5. The summed E-state index contributed by atoms with van der Waals surface area (Å²) in [5, 5.41) is 11.4. The van der Waals surface area contributed by atoms with E-state index in [4.69, 9.17) is 24.1 Å². The molecule has 0 unspecified atom stereocenters. The molecule has 0 aliphatic heterocycles. The second kappa shape index (κ2) is 23.6. The van der Waals surface area contributed by atoms with Crippen LogP contribution in [0.1, 0.15) is 140 Å². The van der Waals surface area contributed by atoms with Crippen molar-refractivity contribution in [2.75, 3.05) is 41.0 Å². The molecule has 0 bridgehead atoms. The van der Waals surface area contributed by atoms with E-state index >= 15 is 0 Å². The highest BCUT2D eigenvalue weighted by Crippen LogP contribution is 2.47. The third kappa shape index (κ3) is 11.5. The lowest BCUT2D eigenvalue weighted by molar-refractivity contribution is -0.139. The van der Waals surface area contributed by atoms with Crippen molar-refractivity contribution in [2.45, 2.75) is 109 Å². The normalized spacial score (nSPS) is 14.2. The van der Waals surface area contributed by atoms with E-state index in [-0.39, 0.29) is 24.5 Å². The number of aliphatic carboxylic acids is 1. The number of fused-ring (bicyclic) bond motifs is 2. The highest BCUT2D eigenvalue weighted by Gasteiger charge is 2.29. The fourth-order valence-corrected chi connectivity index (χ4v) is 10.5. The number of methoxy groups -OCH3 is 2. The standard InChI is InChI=1S/C32H42N2O4.C25H27NO5/c1-5-6-7-13-20-33(2)29(35)22-38-28-17-12-11-16-26(28)31-30(23-14-9-8-10-15-23)25-19-18-24(32(36)37-4)21-27(25)34(31)3;1-26-20-14-17(25(29)30-2)12-13-18(20)23(16-8-4-3-5-9-16)24(26)19-10-6-7-11-21(19)31-15-22(27)28/h11-12,16-19,21,23H,5-10,13-15,20,22H2,1-4H3;6-7,10-14,16H,3-5,8-9,15H2,1-2H3,(H,27,28). The Morgan fingerprint density at radius 1 is 0.609 bits per heavy atom. The number of carboxylic acid groups (broad SMARTS) is 1.